The zero-order valence-electron chi connectivity index (χ0n) is 12.1. The van der Waals surface area contributed by atoms with Gasteiger partial charge in [-0.1, -0.05) is 19.1 Å². The second-order valence-electron chi connectivity index (χ2n) is 5.62. The van der Waals surface area contributed by atoms with E-state index in [1.54, 1.807) is 6.07 Å². The van der Waals surface area contributed by atoms with Gasteiger partial charge in [-0.2, -0.15) is 0 Å². The summed E-state index contributed by atoms with van der Waals surface area (Å²) in [5.41, 5.74) is 6.40. The number of carbonyl (C=O) groups is 1. The number of halogens is 1. The number of primary amides is 1. The molecule has 5 heteroatoms. The summed E-state index contributed by atoms with van der Waals surface area (Å²) in [6, 6.07) is 5.10. The van der Waals surface area contributed by atoms with Gasteiger partial charge >= 0.3 is 0 Å². The summed E-state index contributed by atoms with van der Waals surface area (Å²) in [7, 11) is 0. The van der Waals surface area contributed by atoms with Crippen LogP contribution in [0.4, 0.5) is 10.1 Å². The number of amides is 1. The molecule has 20 heavy (non-hydrogen) atoms. The molecule has 1 fully saturated rings. The van der Waals surface area contributed by atoms with Crippen LogP contribution in [0.3, 0.4) is 0 Å². The standard InChI is InChI=1S/C15H22FN3O/c1-3-18-9-11-5-4-6-12(16)13(11)19-8-7-15(2,10-19)14(17)20/h4-6,18H,3,7-10H2,1-2H3,(H2,17,20). The van der Waals surface area contributed by atoms with Gasteiger partial charge in [0.15, 0.2) is 0 Å². The zero-order valence-corrected chi connectivity index (χ0v) is 12.1. The van der Waals surface area contributed by atoms with Crippen LogP contribution in [0, 0.1) is 11.2 Å². The topological polar surface area (TPSA) is 58.4 Å². The maximum Gasteiger partial charge on any atom is 0.225 e. The van der Waals surface area contributed by atoms with E-state index in [4.69, 9.17) is 5.73 Å². The van der Waals surface area contributed by atoms with Gasteiger partial charge in [-0.15, -0.1) is 0 Å². The maximum absolute atomic E-state index is 14.2. The Morgan fingerprint density at radius 1 is 1.55 bits per heavy atom. The molecule has 1 unspecified atom stereocenters. The van der Waals surface area contributed by atoms with Crippen LogP contribution < -0.4 is 16.0 Å². The van der Waals surface area contributed by atoms with E-state index >= 15 is 0 Å². The molecule has 0 aliphatic carbocycles. The lowest BCUT2D eigenvalue weighted by atomic mass is 9.89. The van der Waals surface area contributed by atoms with E-state index in [9.17, 15) is 9.18 Å². The Morgan fingerprint density at radius 3 is 2.90 bits per heavy atom. The Balaban J connectivity index is 2.27. The van der Waals surface area contributed by atoms with E-state index in [-0.39, 0.29) is 11.7 Å². The number of carbonyl (C=O) groups excluding carboxylic acids is 1. The third kappa shape index (κ3) is 2.77. The van der Waals surface area contributed by atoms with Crippen molar-refractivity contribution in [2.45, 2.75) is 26.8 Å². The highest BCUT2D eigenvalue weighted by Gasteiger charge is 2.40. The second kappa shape index (κ2) is 5.79. The number of nitrogens with two attached hydrogens (primary N) is 1. The Labute approximate surface area is 119 Å². The Kier molecular flexibility index (Phi) is 4.28. The number of rotatable bonds is 5. The number of hydrogen-bond acceptors (Lipinski definition) is 3. The molecule has 1 saturated heterocycles. The van der Waals surface area contributed by atoms with Crippen molar-refractivity contribution in [3.05, 3.63) is 29.6 Å². The van der Waals surface area contributed by atoms with Crippen LogP contribution in [0.25, 0.3) is 0 Å². The van der Waals surface area contributed by atoms with Crippen molar-refractivity contribution >= 4 is 11.6 Å². The molecule has 0 aromatic heterocycles. The van der Waals surface area contributed by atoms with Gasteiger partial charge < -0.3 is 16.0 Å². The van der Waals surface area contributed by atoms with E-state index in [0.29, 0.717) is 31.7 Å². The summed E-state index contributed by atoms with van der Waals surface area (Å²) in [6.45, 7) is 6.43. The monoisotopic (exact) mass is 279 g/mol. The van der Waals surface area contributed by atoms with Crippen molar-refractivity contribution in [2.24, 2.45) is 11.1 Å². The fourth-order valence-electron chi connectivity index (χ4n) is 2.67. The molecule has 0 spiro atoms. The van der Waals surface area contributed by atoms with Gasteiger partial charge in [-0.25, -0.2) is 4.39 Å². The van der Waals surface area contributed by atoms with Gasteiger partial charge in [0.1, 0.15) is 5.82 Å². The van der Waals surface area contributed by atoms with Crippen molar-refractivity contribution in [3.8, 4) is 0 Å². The second-order valence-corrected chi connectivity index (χ2v) is 5.62. The summed E-state index contributed by atoms with van der Waals surface area (Å²) in [4.78, 5) is 13.5. The van der Waals surface area contributed by atoms with Crippen molar-refractivity contribution in [2.75, 3.05) is 24.5 Å². The Morgan fingerprint density at radius 2 is 2.30 bits per heavy atom. The zero-order chi connectivity index (χ0) is 14.8. The number of nitrogens with one attached hydrogen (secondary N) is 1. The fourth-order valence-corrected chi connectivity index (χ4v) is 2.67. The van der Waals surface area contributed by atoms with Gasteiger partial charge in [-0.3, -0.25) is 4.79 Å². The number of benzene rings is 1. The third-order valence-corrected chi connectivity index (χ3v) is 4.02. The minimum Gasteiger partial charge on any atom is -0.369 e. The van der Waals surface area contributed by atoms with Gasteiger partial charge in [0.25, 0.3) is 0 Å². The Bertz CT molecular complexity index is 506. The molecule has 0 bridgehead atoms. The van der Waals surface area contributed by atoms with Gasteiger partial charge in [0.05, 0.1) is 11.1 Å². The molecule has 0 radical (unpaired) electrons. The largest absolute Gasteiger partial charge is 0.369 e. The van der Waals surface area contributed by atoms with Crippen molar-refractivity contribution < 1.29 is 9.18 Å². The molecule has 2 rings (SSSR count). The molecule has 1 heterocycles. The Hall–Kier alpha value is -1.62. The number of hydrogen-bond donors (Lipinski definition) is 2. The minimum absolute atomic E-state index is 0.242. The third-order valence-electron chi connectivity index (χ3n) is 4.02. The molecule has 1 aromatic rings. The number of anilines is 1. The van der Waals surface area contributed by atoms with E-state index in [0.717, 1.165) is 12.1 Å². The molecule has 1 aliphatic rings. The van der Waals surface area contributed by atoms with E-state index in [1.807, 2.05) is 24.8 Å². The molecular weight excluding hydrogens is 257 g/mol. The van der Waals surface area contributed by atoms with Crippen molar-refractivity contribution in [1.82, 2.24) is 5.32 Å². The molecule has 4 nitrogen and oxygen atoms in total. The van der Waals surface area contributed by atoms with Gasteiger partial charge in [-0.05, 0) is 31.5 Å². The van der Waals surface area contributed by atoms with Crippen molar-refractivity contribution in [3.63, 3.8) is 0 Å². The number of para-hydroxylation sites is 1. The molecule has 110 valence electrons. The molecule has 1 atom stereocenters. The molecule has 1 aromatic carbocycles. The van der Waals surface area contributed by atoms with Gasteiger partial charge in [0, 0.05) is 19.6 Å². The van der Waals surface area contributed by atoms with Crippen LogP contribution in [0.2, 0.25) is 0 Å². The lowest BCUT2D eigenvalue weighted by Crippen LogP contribution is -2.37. The first-order valence-corrected chi connectivity index (χ1v) is 7.01. The summed E-state index contributed by atoms with van der Waals surface area (Å²) in [5, 5.41) is 3.21. The summed E-state index contributed by atoms with van der Waals surface area (Å²) >= 11 is 0. The van der Waals surface area contributed by atoms with E-state index in [1.165, 1.54) is 6.07 Å². The minimum atomic E-state index is -0.572. The number of nitrogens with zero attached hydrogens (tertiary/aromatic N) is 1. The lowest BCUT2D eigenvalue weighted by molar-refractivity contribution is -0.125. The summed E-state index contributed by atoms with van der Waals surface area (Å²) in [6.07, 6.45) is 0.664. The van der Waals surface area contributed by atoms with Crippen LogP contribution in [0.1, 0.15) is 25.8 Å². The van der Waals surface area contributed by atoms with Crippen LogP contribution in [-0.2, 0) is 11.3 Å². The first-order chi connectivity index (χ1) is 9.48. The highest BCUT2D eigenvalue weighted by Crippen LogP contribution is 2.35. The molecule has 3 N–H and O–H groups in total. The first kappa shape index (κ1) is 14.8. The van der Waals surface area contributed by atoms with Crippen LogP contribution in [-0.4, -0.2) is 25.5 Å². The maximum atomic E-state index is 14.2. The molecular formula is C15H22FN3O. The molecule has 0 saturated carbocycles. The first-order valence-electron chi connectivity index (χ1n) is 7.01. The average Bonchev–Trinajstić information content (AvgIpc) is 2.80. The normalized spacial score (nSPS) is 22.2. The summed E-state index contributed by atoms with van der Waals surface area (Å²) < 4.78 is 14.2. The lowest BCUT2D eigenvalue weighted by Gasteiger charge is -2.25. The predicted molar refractivity (Wildman–Crippen MR) is 77.9 cm³/mol. The molecule has 1 amide bonds. The predicted octanol–water partition coefficient (Wildman–Crippen LogP) is 1.64. The van der Waals surface area contributed by atoms with Crippen LogP contribution >= 0.6 is 0 Å². The highest BCUT2D eigenvalue weighted by atomic mass is 19.1. The van der Waals surface area contributed by atoms with E-state index in [2.05, 4.69) is 5.32 Å². The quantitative estimate of drug-likeness (QED) is 0.861. The molecule has 1 aliphatic heterocycles. The highest BCUT2D eigenvalue weighted by molar-refractivity contribution is 5.82. The average molecular weight is 279 g/mol. The summed E-state index contributed by atoms with van der Waals surface area (Å²) in [5.74, 6) is -0.557. The van der Waals surface area contributed by atoms with Crippen LogP contribution in [0.15, 0.2) is 18.2 Å². The van der Waals surface area contributed by atoms with Crippen molar-refractivity contribution in [1.29, 1.82) is 0 Å². The fraction of sp³-hybridized carbons (Fsp3) is 0.533. The van der Waals surface area contributed by atoms with Gasteiger partial charge in [0.2, 0.25) is 5.91 Å². The van der Waals surface area contributed by atoms with E-state index < -0.39 is 5.41 Å². The van der Waals surface area contributed by atoms with Crippen LogP contribution in [0.5, 0.6) is 0 Å². The smallest absolute Gasteiger partial charge is 0.225 e. The SMILES string of the molecule is CCNCc1cccc(F)c1N1CCC(C)(C(N)=O)C1.